The van der Waals surface area contributed by atoms with Gasteiger partial charge in [-0.2, -0.15) is 0 Å². The monoisotopic (exact) mass is 333 g/mol. The summed E-state index contributed by atoms with van der Waals surface area (Å²) in [4.78, 5) is 27.1. The number of amides is 1. The molecule has 4 heteroatoms. The molecule has 1 aliphatic heterocycles. The predicted octanol–water partition coefficient (Wildman–Crippen LogP) is 3.64. The van der Waals surface area contributed by atoms with E-state index in [1.54, 1.807) is 12.1 Å². The van der Waals surface area contributed by atoms with Gasteiger partial charge in [-0.1, -0.05) is 48.5 Å². The Kier molecular flexibility index (Phi) is 4.10. The van der Waals surface area contributed by atoms with Crippen molar-refractivity contribution in [1.82, 2.24) is 4.90 Å². The lowest BCUT2D eigenvalue weighted by Crippen LogP contribution is -2.38. The Bertz CT molecular complexity index is 962. The second-order valence-corrected chi connectivity index (χ2v) is 6.47. The highest BCUT2D eigenvalue weighted by Gasteiger charge is 2.31. The van der Waals surface area contributed by atoms with Gasteiger partial charge in [0.25, 0.3) is 5.91 Å². The maximum absolute atomic E-state index is 13.0. The fraction of sp³-hybridized carbons (Fsp3) is 0.238. The van der Waals surface area contributed by atoms with Crippen molar-refractivity contribution >= 4 is 16.9 Å². The second-order valence-electron chi connectivity index (χ2n) is 6.47. The van der Waals surface area contributed by atoms with Crippen LogP contribution in [0.3, 0.4) is 0 Å². The highest BCUT2D eigenvalue weighted by atomic mass is 16.4. The highest BCUT2D eigenvalue weighted by Crippen LogP contribution is 2.23. The minimum atomic E-state index is -0.561. The average Bonchev–Trinajstić information content (AvgIpc) is 3.09. The van der Waals surface area contributed by atoms with Gasteiger partial charge < -0.3 is 9.32 Å². The Morgan fingerprint density at radius 3 is 2.68 bits per heavy atom. The quantitative estimate of drug-likeness (QED) is 0.688. The van der Waals surface area contributed by atoms with E-state index >= 15 is 0 Å². The summed E-state index contributed by atoms with van der Waals surface area (Å²) < 4.78 is 5.32. The third-order valence-electron chi connectivity index (χ3n) is 4.82. The van der Waals surface area contributed by atoms with Crippen LogP contribution in [0.25, 0.3) is 11.0 Å². The third kappa shape index (κ3) is 3.07. The zero-order valence-corrected chi connectivity index (χ0v) is 13.9. The molecule has 1 unspecified atom stereocenters. The maximum atomic E-state index is 13.0. The van der Waals surface area contributed by atoms with E-state index in [4.69, 9.17) is 4.42 Å². The number of benzene rings is 2. The fourth-order valence-electron chi connectivity index (χ4n) is 3.57. The molecule has 1 atom stereocenters. The Morgan fingerprint density at radius 2 is 1.84 bits per heavy atom. The van der Waals surface area contributed by atoms with Crippen molar-refractivity contribution in [3.8, 4) is 0 Å². The summed E-state index contributed by atoms with van der Waals surface area (Å²) in [5.74, 6) is -0.224. The molecule has 1 aliphatic rings. The van der Waals surface area contributed by atoms with E-state index in [1.807, 2.05) is 41.3 Å². The highest BCUT2D eigenvalue weighted by molar-refractivity contribution is 5.97. The van der Waals surface area contributed by atoms with Crippen LogP contribution in [-0.2, 0) is 6.42 Å². The summed E-state index contributed by atoms with van der Waals surface area (Å²) in [5, 5.41) is 0.768. The lowest BCUT2D eigenvalue weighted by atomic mass is 10.0. The van der Waals surface area contributed by atoms with Gasteiger partial charge in [0.2, 0.25) is 0 Å². The number of fused-ring (bicyclic) bond motifs is 1. The molecular formula is C21H19NO3. The minimum absolute atomic E-state index is 0.124. The number of carbonyl (C=O) groups excluding carboxylic acids is 1. The molecule has 3 aromatic rings. The van der Waals surface area contributed by atoms with E-state index in [-0.39, 0.29) is 17.5 Å². The second kappa shape index (κ2) is 6.55. The van der Waals surface area contributed by atoms with E-state index in [0.717, 1.165) is 24.6 Å². The summed E-state index contributed by atoms with van der Waals surface area (Å²) in [6, 6.07) is 19.2. The molecule has 0 aliphatic carbocycles. The van der Waals surface area contributed by atoms with Gasteiger partial charge in [0.1, 0.15) is 11.1 Å². The van der Waals surface area contributed by atoms with Gasteiger partial charge in [0.15, 0.2) is 0 Å². The third-order valence-corrected chi connectivity index (χ3v) is 4.82. The topological polar surface area (TPSA) is 50.5 Å². The summed E-state index contributed by atoms with van der Waals surface area (Å²) in [6.45, 7) is 0.683. The number of likely N-dealkylation sites (tertiary alicyclic amines) is 1. The molecule has 0 saturated carbocycles. The van der Waals surface area contributed by atoms with Crippen LogP contribution in [0.5, 0.6) is 0 Å². The summed E-state index contributed by atoms with van der Waals surface area (Å²) in [5.41, 5.74) is 1.27. The van der Waals surface area contributed by atoms with Crippen molar-refractivity contribution in [3.63, 3.8) is 0 Å². The van der Waals surface area contributed by atoms with Crippen LogP contribution >= 0.6 is 0 Å². The van der Waals surface area contributed by atoms with Gasteiger partial charge in [-0.25, -0.2) is 4.79 Å². The van der Waals surface area contributed by atoms with Crippen LogP contribution in [0.2, 0.25) is 0 Å². The summed E-state index contributed by atoms with van der Waals surface area (Å²) >= 11 is 0. The molecule has 4 rings (SSSR count). The van der Waals surface area contributed by atoms with Gasteiger partial charge in [-0.05, 0) is 37.0 Å². The largest absolute Gasteiger partial charge is 0.422 e. The average molecular weight is 333 g/mol. The van der Waals surface area contributed by atoms with E-state index in [1.165, 1.54) is 5.56 Å². The van der Waals surface area contributed by atoms with Gasteiger partial charge in [-0.15, -0.1) is 0 Å². The first-order chi connectivity index (χ1) is 12.2. The zero-order chi connectivity index (χ0) is 17.2. The molecule has 2 aromatic carbocycles. The number of para-hydroxylation sites is 1. The minimum Gasteiger partial charge on any atom is -0.422 e. The molecule has 1 amide bonds. The van der Waals surface area contributed by atoms with E-state index in [0.29, 0.717) is 12.1 Å². The lowest BCUT2D eigenvalue weighted by molar-refractivity contribution is 0.0732. The van der Waals surface area contributed by atoms with Crippen molar-refractivity contribution in [2.45, 2.75) is 25.3 Å². The first kappa shape index (κ1) is 15.6. The van der Waals surface area contributed by atoms with Crippen LogP contribution < -0.4 is 5.63 Å². The summed E-state index contributed by atoms with van der Waals surface area (Å²) in [7, 11) is 0. The molecule has 1 saturated heterocycles. The van der Waals surface area contributed by atoms with Crippen molar-refractivity contribution in [2.24, 2.45) is 0 Å². The van der Waals surface area contributed by atoms with Gasteiger partial charge in [-0.3, -0.25) is 4.79 Å². The molecule has 1 aromatic heterocycles. The van der Waals surface area contributed by atoms with Crippen molar-refractivity contribution in [1.29, 1.82) is 0 Å². The predicted molar refractivity (Wildman–Crippen MR) is 96.7 cm³/mol. The van der Waals surface area contributed by atoms with Gasteiger partial charge in [0, 0.05) is 18.0 Å². The zero-order valence-electron chi connectivity index (χ0n) is 13.9. The van der Waals surface area contributed by atoms with Crippen LogP contribution in [0.1, 0.15) is 28.8 Å². The van der Waals surface area contributed by atoms with Crippen molar-refractivity contribution in [3.05, 3.63) is 82.2 Å². The van der Waals surface area contributed by atoms with E-state index in [2.05, 4.69) is 12.1 Å². The normalized spacial score (nSPS) is 17.1. The Hall–Kier alpha value is -2.88. The van der Waals surface area contributed by atoms with E-state index in [9.17, 15) is 9.59 Å². The molecule has 0 N–H and O–H groups in total. The Balaban J connectivity index is 1.63. The number of carbonyl (C=O) groups is 1. The molecule has 0 radical (unpaired) electrons. The first-order valence-electron chi connectivity index (χ1n) is 8.60. The van der Waals surface area contributed by atoms with E-state index < -0.39 is 5.63 Å². The van der Waals surface area contributed by atoms with Crippen LogP contribution in [0.15, 0.2) is 69.9 Å². The standard InChI is InChI=1S/C21H19NO3/c23-20(18-14-16-9-4-5-11-19(16)25-21(18)24)22-12-6-10-17(22)13-15-7-2-1-3-8-15/h1-5,7-9,11,14,17H,6,10,12-13H2. The van der Waals surface area contributed by atoms with Gasteiger partial charge in [0.05, 0.1) is 0 Å². The molecule has 2 heterocycles. The van der Waals surface area contributed by atoms with Crippen LogP contribution in [0, 0.1) is 0 Å². The fourth-order valence-corrected chi connectivity index (χ4v) is 3.57. The number of hydrogen-bond acceptors (Lipinski definition) is 3. The maximum Gasteiger partial charge on any atom is 0.349 e. The molecule has 1 fully saturated rings. The van der Waals surface area contributed by atoms with Crippen molar-refractivity contribution in [2.75, 3.05) is 6.54 Å². The molecule has 25 heavy (non-hydrogen) atoms. The SMILES string of the molecule is O=C(c1cc2ccccc2oc1=O)N1CCCC1Cc1ccccc1. The number of nitrogens with zero attached hydrogens (tertiary/aromatic N) is 1. The van der Waals surface area contributed by atoms with Crippen LogP contribution in [0.4, 0.5) is 0 Å². The molecular weight excluding hydrogens is 314 g/mol. The first-order valence-corrected chi connectivity index (χ1v) is 8.60. The number of rotatable bonds is 3. The molecule has 4 nitrogen and oxygen atoms in total. The van der Waals surface area contributed by atoms with Gasteiger partial charge >= 0.3 is 5.63 Å². The lowest BCUT2D eigenvalue weighted by Gasteiger charge is -2.24. The van der Waals surface area contributed by atoms with Crippen molar-refractivity contribution < 1.29 is 9.21 Å². The Labute approximate surface area is 145 Å². The number of hydrogen-bond donors (Lipinski definition) is 0. The smallest absolute Gasteiger partial charge is 0.349 e. The molecule has 126 valence electrons. The van der Waals surface area contributed by atoms with Crippen LogP contribution in [-0.4, -0.2) is 23.4 Å². The summed E-state index contributed by atoms with van der Waals surface area (Å²) in [6.07, 6.45) is 2.73. The molecule has 0 spiro atoms. The Morgan fingerprint density at radius 1 is 1.08 bits per heavy atom. The molecule has 0 bridgehead atoms.